The average molecular weight is 359 g/mol. The molecule has 0 unspecified atom stereocenters. The molecule has 0 heterocycles. The second-order valence-electron chi connectivity index (χ2n) is 10.1. The van der Waals surface area contributed by atoms with Gasteiger partial charge in [0.15, 0.2) is 0 Å². The van der Waals surface area contributed by atoms with Gasteiger partial charge in [0.1, 0.15) is 12.0 Å². The maximum Gasteiger partial charge on any atom is 0.313 e. The van der Waals surface area contributed by atoms with Gasteiger partial charge in [-0.15, -0.1) is 0 Å². The van der Waals surface area contributed by atoms with Gasteiger partial charge < -0.3 is 9.16 Å². The zero-order valence-corrected chi connectivity index (χ0v) is 19.2. The number of rotatable bonds is 6. The van der Waals surface area contributed by atoms with E-state index in [-0.39, 0.29) is 17.4 Å². The predicted molar refractivity (Wildman–Crippen MR) is 105 cm³/mol. The van der Waals surface area contributed by atoms with Crippen molar-refractivity contribution in [3.05, 3.63) is 11.8 Å². The monoisotopic (exact) mass is 358 g/mol. The first-order chi connectivity index (χ1) is 9.93. The molecular formula is C18H38O3Si2. The van der Waals surface area contributed by atoms with Crippen LogP contribution in [0.1, 0.15) is 48.0 Å². The minimum absolute atomic E-state index is 0.110. The highest BCUT2D eigenvalue weighted by atomic mass is 28.4. The molecule has 0 aromatic heterocycles. The van der Waals surface area contributed by atoms with Crippen molar-refractivity contribution in [3.63, 3.8) is 0 Å². The topological polar surface area (TPSA) is 35.5 Å². The van der Waals surface area contributed by atoms with Crippen molar-refractivity contribution in [1.29, 1.82) is 0 Å². The maximum absolute atomic E-state index is 12.2. The van der Waals surface area contributed by atoms with Gasteiger partial charge >= 0.3 is 5.97 Å². The van der Waals surface area contributed by atoms with Gasteiger partial charge in [0.25, 0.3) is 0 Å². The number of esters is 1. The lowest BCUT2D eigenvalue weighted by Crippen LogP contribution is -2.41. The minimum Gasteiger partial charge on any atom is -0.546 e. The molecule has 136 valence electrons. The van der Waals surface area contributed by atoms with E-state index in [1.807, 2.05) is 20.8 Å². The lowest BCUT2D eigenvalue weighted by molar-refractivity contribution is -0.154. The molecule has 0 fully saturated rings. The van der Waals surface area contributed by atoms with E-state index < -0.39 is 22.0 Å². The summed E-state index contributed by atoms with van der Waals surface area (Å²) in [5, 5.41) is 0.110. The quantitative estimate of drug-likeness (QED) is 0.334. The summed E-state index contributed by atoms with van der Waals surface area (Å²) >= 11 is 0. The molecule has 0 radical (unpaired) electrons. The molecule has 0 rings (SSSR count). The summed E-state index contributed by atoms with van der Waals surface area (Å²) in [4.78, 5) is 12.2. The fraction of sp³-hybridized carbons (Fsp3) is 0.833. The van der Waals surface area contributed by atoms with Gasteiger partial charge in [0.05, 0.1) is 5.76 Å². The molecule has 23 heavy (non-hydrogen) atoms. The normalized spacial score (nSPS) is 14.7. The first kappa shape index (κ1) is 22.4. The van der Waals surface area contributed by atoms with Gasteiger partial charge in [-0.05, 0) is 44.9 Å². The molecule has 0 aliphatic carbocycles. The van der Waals surface area contributed by atoms with Crippen LogP contribution in [0.4, 0.5) is 0 Å². The highest BCUT2D eigenvalue weighted by Gasteiger charge is 2.39. The van der Waals surface area contributed by atoms with Gasteiger partial charge in [-0.1, -0.05) is 46.5 Å². The van der Waals surface area contributed by atoms with Crippen LogP contribution in [0.3, 0.4) is 0 Å². The van der Waals surface area contributed by atoms with E-state index in [0.29, 0.717) is 0 Å². The fourth-order valence-electron chi connectivity index (χ4n) is 1.57. The molecule has 5 heteroatoms. The molecule has 0 N–H and O–H groups in total. The van der Waals surface area contributed by atoms with E-state index in [0.717, 1.165) is 11.8 Å². The van der Waals surface area contributed by atoms with E-state index in [9.17, 15) is 4.79 Å². The second-order valence-corrected chi connectivity index (χ2v) is 20.3. The molecule has 0 saturated carbocycles. The van der Waals surface area contributed by atoms with E-state index in [4.69, 9.17) is 9.16 Å². The van der Waals surface area contributed by atoms with E-state index >= 15 is 0 Å². The fourth-order valence-corrected chi connectivity index (χ4v) is 3.53. The zero-order valence-electron chi connectivity index (χ0n) is 17.2. The summed E-state index contributed by atoms with van der Waals surface area (Å²) in [6.45, 7) is 23.7. The molecule has 0 amide bonds. The Balaban J connectivity index is 5.23. The summed E-state index contributed by atoms with van der Waals surface area (Å²) in [6.07, 6.45) is 2.37. The number of carbonyl (C=O) groups excluding carboxylic acids is 1. The highest BCUT2D eigenvalue weighted by Crippen LogP contribution is 2.38. The molecule has 0 aliphatic rings. The molecule has 0 bridgehead atoms. The standard InChI is InChI=1S/C18H38O3Si2/c1-17(2,3)20-16(19)14-15(12-13-22(7,8)9)21-23(10,11)18(4,5)6/h12H,13-14H2,1-11H3/b15-12-. The van der Waals surface area contributed by atoms with Crippen molar-refractivity contribution in [2.24, 2.45) is 0 Å². The summed E-state index contributed by atoms with van der Waals surface area (Å²) < 4.78 is 11.9. The predicted octanol–water partition coefficient (Wildman–Crippen LogP) is 5.96. The SMILES string of the molecule is CC(C)(C)OC(=O)C/C(=C/C[Si](C)(C)C)O[Si](C)(C)C(C)(C)C. The van der Waals surface area contributed by atoms with Gasteiger partial charge in [0, 0.05) is 8.07 Å². The van der Waals surface area contributed by atoms with Crippen LogP contribution < -0.4 is 0 Å². The van der Waals surface area contributed by atoms with Crippen molar-refractivity contribution < 1.29 is 14.0 Å². The van der Waals surface area contributed by atoms with Crippen LogP contribution in [0.2, 0.25) is 43.8 Å². The Morgan fingerprint density at radius 3 is 1.78 bits per heavy atom. The third kappa shape index (κ3) is 10.0. The van der Waals surface area contributed by atoms with E-state index in [2.05, 4.69) is 59.6 Å². The van der Waals surface area contributed by atoms with Crippen LogP contribution in [0.5, 0.6) is 0 Å². The maximum atomic E-state index is 12.2. The molecule has 0 saturated heterocycles. The minimum atomic E-state index is -1.95. The first-order valence-corrected chi connectivity index (χ1v) is 15.1. The van der Waals surface area contributed by atoms with Crippen LogP contribution >= 0.6 is 0 Å². The van der Waals surface area contributed by atoms with Gasteiger partial charge in [-0.2, -0.15) is 0 Å². The Morgan fingerprint density at radius 2 is 1.43 bits per heavy atom. The number of carbonyl (C=O) groups is 1. The van der Waals surface area contributed by atoms with Crippen LogP contribution in [-0.4, -0.2) is 28.0 Å². The van der Waals surface area contributed by atoms with Crippen molar-refractivity contribution >= 4 is 22.4 Å². The lowest BCUT2D eigenvalue weighted by Gasteiger charge is -2.37. The molecule has 0 aliphatic heterocycles. The first-order valence-electron chi connectivity index (χ1n) is 8.53. The third-order valence-corrected chi connectivity index (χ3v) is 9.69. The molecule has 0 aromatic rings. The van der Waals surface area contributed by atoms with Gasteiger partial charge in [-0.25, -0.2) is 0 Å². The molecule has 0 spiro atoms. The average Bonchev–Trinajstić information content (AvgIpc) is 2.19. The number of hydrogen-bond donors (Lipinski definition) is 0. The van der Waals surface area contributed by atoms with Gasteiger partial charge in [0.2, 0.25) is 8.32 Å². The largest absolute Gasteiger partial charge is 0.546 e. The van der Waals surface area contributed by atoms with Crippen molar-refractivity contribution in [2.75, 3.05) is 0 Å². The van der Waals surface area contributed by atoms with E-state index in [1.54, 1.807) is 0 Å². The van der Waals surface area contributed by atoms with Crippen LogP contribution in [0.15, 0.2) is 11.8 Å². The Kier molecular flexibility index (Phi) is 7.37. The summed E-state index contributed by atoms with van der Waals surface area (Å²) in [5.41, 5.74) is -0.460. The second kappa shape index (κ2) is 7.55. The third-order valence-electron chi connectivity index (χ3n) is 3.87. The highest BCUT2D eigenvalue weighted by molar-refractivity contribution is 6.76. The van der Waals surface area contributed by atoms with Gasteiger partial charge in [-0.3, -0.25) is 4.79 Å². The molecular weight excluding hydrogens is 320 g/mol. The number of hydrogen-bond acceptors (Lipinski definition) is 3. The van der Waals surface area contributed by atoms with Crippen molar-refractivity contribution in [1.82, 2.24) is 0 Å². The molecule has 0 atom stereocenters. The molecule has 0 aromatic carbocycles. The summed E-state index contributed by atoms with van der Waals surface area (Å²) in [7, 11) is -3.18. The van der Waals surface area contributed by atoms with Crippen molar-refractivity contribution in [2.45, 2.75) is 97.4 Å². The van der Waals surface area contributed by atoms with Crippen LogP contribution in [-0.2, 0) is 14.0 Å². The molecule has 3 nitrogen and oxygen atoms in total. The van der Waals surface area contributed by atoms with Crippen LogP contribution in [0.25, 0.3) is 0 Å². The Morgan fingerprint density at radius 1 is 0.957 bits per heavy atom. The Hall–Kier alpha value is -0.556. The lowest BCUT2D eigenvalue weighted by atomic mass is 10.2. The smallest absolute Gasteiger partial charge is 0.313 e. The van der Waals surface area contributed by atoms with E-state index in [1.165, 1.54) is 0 Å². The Labute approximate surface area is 146 Å². The summed E-state index contributed by atoms with van der Waals surface area (Å²) in [5.74, 6) is 0.589. The summed E-state index contributed by atoms with van der Waals surface area (Å²) in [6, 6.07) is 1.01. The van der Waals surface area contributed by atoms with Crippen LogP contribution in [0, 0.1) is 0 Å². The number of ether oxygens (including phenoxy) is 1. The number of allylic oxidation sites excluding steroid dienone is 1. The van der Waals surface area contributed by atoms with Crippen molar-refractivity contribution in [3.8, 4) is 0 Å². The zero-order chi connectivity index (χ0) is 18.7. The Bertz CT molecular complexity index is 433.